The van der Waals surface area contributed by atoms with Gasteiger partial charge in [-0.15, -0.1) is 11.3 Å². The molecule has 0 spiro atoms. The molecule has 0 aliphatic carbocycles. The van der Waals surface area contributed by atoms with Gasteiger partial charge in [-0.25, -0.2) is 9.78 Å². The van der Waals surface area contributed by atoms with E-state index in [2.05, 4.69) is 9.97 Å². The van der Waals surface area contributed by atoms with Gasteiger partial charge in [-0.3, -0.25) is 4.79 Å². The first-order chi connectivity index (χ1) is 14.7. The van der Waals surface area contributed by atoms with Crippen molar-refractivity contribution in [3.8, 4) is 11.1 Å². The number of esters is 1. The number of hydrogen-bond acceptors (Lipinski definition) is 6. The topological polar surface area (TPSA) is 72.0 Å². The zero-order valence-corrected chi connectivity index (χ0v) is 18.0. The standard InChI is InChI=1S/C23H20N2O3S2/c1-2-11-28-22(27)17-10-6-7-15(12-17)13-30-23-24-20(26)19-18(14-29-21(19)25-23)16-8-4-3-5-9-16/h3-10,12,14H,2,11,13H2,1H3,(H,24,25,26). The van der Waals surface area contributed by atoms with Gasteiger partial charge in [0.2, 0.25) is 0 Å². The molecule has 0 saturated carbocycles. The molecule has 4 rings (SSSR count). The number of H-pyrrole nitrogens is 1. The van der Waals surface area contributed by atoms with Crippen LogP contribution in [0.1, 0.15) is 29.3 Å². The van der Waals surface area contributed by atoms with E-state index < -0.39 is 0 Å². The van der Waals surface area contributed by atoms with Gasteiger partial charge in [-0.2, -0.15) is 0 Å². The Hall–Kier alpha value is -2.90. The fraction of sp³-hybridized carbons (Fsp3) is 0.174. The van der Waals surface area contributed by atoms with E-state index in [1.807, 2.05) is 60.8 Å². The van der Waals surface area contributed by atoms with Gasteiger partial charge in [0.1, 0.15) is 4.83 Å². The van der Waals surface area contributed by atoms with E-state index in [1.54, 1.807) is 6.07 Å². The van der Waals surface area contributed by atoms with E-state index >= 15 is 0 Å². The number of rotatable bonds is 7. The normalized spacial score (nSPS) is 11.0. The molecule has 2 heterocycles. The molecular formula is C23H20N2O3S2. The fourth-order valence-corrected chi connectivity index (χ4v) is 4.85. The van der Waals surface area contributed by atoms with Crippen LogP contribution in [0.5, 0.6) is 0 Å². The summed E-state index contributed by atoms with van der Waals surface area (Å²) in [5.41, 5.74) is 3.26. The summed E-state index contributed by atoms with van der Waals surface area (Å²) in [4.78, 5) is 33.0. The summed E-state index contributed by atoms with van der Waals surface area (Å²) in [7, 11) is 0. The van der Waals surface area contributed by atoms with Crippen LogP contribution in [0.25, 0.3) is 21.3 Å². The average molecular weight is 437 g/mol. The average Bonchev–Trinajstić information content (AvgIpc) is 3.21. The van der Waals surface area contributed by atoms with Crippen molar-refractivity contribution in [2.75, 3.05) is 6.61 Å². The molecule has 0 atom stereocenters. The second-order valence-electron chi connectivity index (χ2n) is 6.69. The quantitative estimate of drug-likeness (QED) is 0.235. The van der Waals surface area contributed by atoms with Gasteiger partial charge in [0.05, 0.1) is 17.6 Å². The van der Waals surface area contributed by atoms with Gasteiger partial charge in [0, 0.05) is 16.7 Å². The van der Waals surface area contributed by atoms with Crippen molar-refractivity contribution < 1.29 is 9.53 Å². The lowest BCUT2D eigenvalue weighted by Gasteiger charge is -2.06. The highest BCUT2D eigenvalue weighted by molar-refractivity contribution is 7.98. The number of fused-ring (bicyclic) bond motifs is 1. The third-order valence-electron chi connectivity index (χ3n) is 4.48. The van der Waals surface area contributed by atoms with Crippen LogP contribution in [0.4, 0.5) is 0 Å². The highest BCUT2D eigenvalue weighted by Crippen LogP contribution is 2.31. The number of thioether (sulfide) groups is 1. The molecule has 30 heavy (non-hydrogen) atoms. The first-order valence-corrected chi connectivity index (χ1v) is 11.5. The van der Waals surface area contributed by atoms with Gasteiger partial charge in [-0.05, 0) is 29.7 Å². The number of ether oxygens (including phenoxy) is 1. The molecule has 0 aliphatic rings. The van der Waals surface area contributed by atoms with Crippen molar-refractivity contribution in [1.29, 1.82) is 0 Å². The molecule has 0 bridgehead atoms. The molecule has 0 aliphatic heterocycles. The lowest BCUT2D eigenvalue weighted by molar-refractivity contribution is 0.0505. The summed E-state index contributed by atoms with van der Waals surface area (Å²) in [6, 6.07) is 17.2. The minimum Gasteiger partial charge on any atom is -0.462 e. The molecule has 0 saturated heterocycles. The monoisotopic (exact) mass is 436 g/mol. The maximum absolute atomic E-state index is 12.7. The van der Waals surface area contributed by atoms with E-state index in [0.29, 0.717) is 28.5 Å². The molecule has 0 fully saturated rings. The van der Waals surface area contributed by atoms with Crippen LogP contribution in [0, 0.1) is 0 Å². The third-order valence-corrected chi connectivity index (χ3v) is 6.30. The molecule has 152 valence electrons. The minimum atomic E-state index is -0.316. The molecule has 0 radical (unpaired) electrons. The number of aromatic nitrogens is 2. The summed E-state index contributed by atoms with van der Waals surface area (Å²) in [6.07, 6.45) is 0.789. The number of aromatic amines is 1. The Labute approximate surface area is 182 Å². The Balaban J connectivity index is 1.53. The van der Waals surface area contributed by atoms with Crippen molar-refractivity contribution in [2.24, 2.45) is 0 Å². The Bertz CT molecular complexity index is 1230. The SMILES string of the molecule is CCCOC(=O)c1cccc(CSc2nc3scc(-c4ccccc4)c3c(=O)[nH]2)c1. The maximum Gasteiger partial charge on any atom is 0.338 e. The number of carbonyl (C=O) groups is 1. The van der Waals surface area contributed by atoms with E-state index in [-0.39, 0.29) is 11.5 Å². The second-order valence-corrected chi connectivity index (χ2v) is 8.51. The first-order valence-electron chi connectivity index (χ1n) is 9.61. The number of thiophene rings is 1. The number of nitrogens with zero attached hydrogens (tertiary/aromatic N) is 1. The van der Waals surface area contributed by atoms with Crippen LogP contribution in [-0.2, 0) is 10.5 Å². The molecular weight excluding hydrogens is 416 g/mol. The summed E-state index contributed by atoms with van der Waals surface area (Å²) >= 11 is 2.90. The molecule has 2 aromatic heterocycles. The molecule has 2 aromatic carbocycles. The fourth-order valence-electron chi connectivity index (χ4n) is 3.05. The van der Waals surface area contributed by atoms with Gasteiger partial charge in [0.15, 0.2) is 5.16 Å². The van der Waals surface area contributed by atoms with E-state index in [9.17, 15) is 9.59 Å². The second kappa shape index (κ2) is 9.28. The van der Waals surface area contributed by atoms with Gasteiger partial charge in [-0.1, -0.05) is 61.2 Å². The highest BCUT2D eigenvalue weighted by atomic mass is 32.2. The van der Waals surface area contributed by atoms with Crippen molar-refractivity contribution in [2.45, 2.75) is 24.3 Å². The van der Waals surface area contributed by atoms with E-state index in [1.165, 1.54) is 23.1 Å². The Morgan fingerprint density at radius 1 is 1.17 bits per heavy atom. The zero-order valence-electron chi connectivity index (χ0n) is 16.4. The predicted molar refractivity (Wildman–Crippen MR) is 122 cm³/mol. The van der Waals surface area contributed by atoms with Crippen LogP contribution in [0.3, 0.4) is 0 Å². The van der Waals surface area contributed by atoms with Gasteiger partial charge < -0.3 is 9.72 Å². The van der Waals surface area contributed by atoms with E-state index in [0.717, 1.165) is 27.9 Å². The molecule has 5 nitrogen and oxygen atoms in total. The van der Waals surface area contributed by atoms with Gasteiger partial charge in [0.25, 0.3) is 5.56 Å². The molecule has 4 aromatic rings. The Morgan fingerprint density at radius 3 is 2.80 bits per heavy atom. The van der Waals surface area contributed by atoms with Crippen LogP contribution >= 0.6 is 23.1 Å². The summed E-state index contributed by atoms with van der Waals surface area (Å²) < 4.78 is 5.19. The maximum atomic E-state index is 12.7. The third kappa shape index (κ3) is 4.47. The predicted octanol–water partition coefficient (Wildman–Crippen LogP) is 5.51. The van der Waals surface area contributed by atoms with Crippen molar-refractivity contribution >= 4 is 39.3 Å². The number of carbonyl (C=O) groups excluding carboxylic acids is 1. The molecule has 1 N–H and O–H groups in total. The van der Waals surface area contributed by atoms with Crippen LogP contribution in [0.2, 0.25) is 0 Å². The number of nitrogens with one attached hydrogen (secondary N) is 1. The molecule has 0 amide bonds. The van der Waals surface area contributed by atoms with Crippen LogP contribution < -0.4 is 5.56 Å². The lowest BCUT2D eigenvalue weighted by Crippen LogP contribution is -2.08. The zero-order chi connectivity index (χ0) is 20.9. The molecule has 0 unspecified atom stereocenters. The number of hydrogen-bond donors (Lipinski definition) is 1. The molecule has 7 heteroatoms. The van der Waals surface area contributed by atoms with Crippen LogP contribution in [0.15, 0.2) is 69.9 Å². The first kappa shape index (κ1) is 20.4. The highest BCUT2D eigenvalue weighted by Gasteiger charge is 2.13. The Kier molecular flexibility index (Phi) is 6.30. The minimum absolute atomic E-state index is 0.139. The van der Waals surface area contributed by atoms with Crippen molar-refractivity contribution in [3.05, 3.63) is 81.5 Å². The van der Waals surface area contributed by atoms with Crippen molar-refractivity contribution in [3.63, 3.8) is 0 Å². The smallest absolute Gasteiger partial charge is 0.338 e. The lowest BCUT2D eigenvalue weighted by atomic mass is 10.1. The van der Waals surface area contributed by atoms with Crippen LogP contribution in [-0.4, -0.2) is 22.5 Å². The largest absolute Gasteiger partial charge is 0.462 e. The number of benzene rings is 2. The summed E-state index contributed by atoms with van der Waals surface area (Å²) in [6.45, 7) is 2.37. The summed E-state index contributed by atoms with van der Waals surface area (Å²) in [5, 5.41) is 3.16. The van der Waals surface area contributed by atoms with Crippen molar-refractivity contribution in [1.82, 2.24) is 9.97 Å². The van der Waals surface area contributed by atoms with Gasteiger partial charge >= 0.3 is 5.97 Å². The Morgan fingerprint density at radius 2 is 2.00 bits per heavy atom. The summed E-state index contributed by atoms with van der Waals surface area (Å²) in [5.74, 6) is 0.268. The van der Waals surface area contributed by atoms with E-state index in [4.69, 9.17) is 4.74 Å².